The Morgan fingerprint density at radius 3 is 1.00 bits per heavy atom. The van der Waals surface area contributed by atoms with E-state index in [0.29, 0.717) is 0 Å². The molecule has 0 aromatic carbocycles. The molecule has 0 saturated carbocycles. The van der Waals surface area contributed by atoms with E-state index in [1.165, 1.54) is 0 Å². The van der Waals surface area contributed by atoms with Crippen molar-refractivity contribution >= 4 is 51.2 Å². The van der Waals surface area contributed by atoms with Gasteiger partial charge in [-0.15, -0.1) is 0 Å². The van der Waals surface area contributed by atoms with Crippen LogP contribution in [0.2, 0.25) is 0 Å². The Hall–Kier alpha value is 3.20. The zero-order chi connectivity index (χ0) is 3.58. The summed E-state index contributed by atoms with van der Waals surface area (Å²) in [6.45, 7) is 0. The molecule has 0 aliphatic rings. The van der Waals surface area contributed by atoms with Crippen LogP contribution in [0.5, 0.6) is 0 Å². The van der Waals surface area contributed by atoms with Gasteiger partial charge in [-0.25, -0.2) is 0 Å². The average Bonchev–Trinajstić information content (AvgIpc) is 0.811. The van der Waals surface area contributed by atoms with Gasteiger partial charge in [-0.3, -0.25) is 0 Å². The molecule has 0 fully saturated rings. The van der Waals surface area contributed by atoms with Gasteiger partial charge in [0.15, 0.2) is 0 Å². The first-order valence-electron chi connectivity index (χ1n) is 0.507. The van der Waals surface area contributed by atoms with Crippen LogP contribution in [-0.4, -0.2) is 0 Å². The summed E-state index contributed by atoms with van der Waals surface area (Å²) in [5.41, 5.74) is 0. The molecular formula is I3Np. The Bertz CT molecular complexity index is 8.00. The first-order valence-corrected chi connectivity index (χ1v) is 31.7. The molecule has 0 bridgehead atoms. The van der Waals surface area contributed by atoms with Crippen molar-refractivity contribution in [2.45, 2.75) is 0 Å². The standard InChI is InChI=1S/3HI.Np/h3*1H;/q;;;+3/p-3. The first kappa shape index (κ1) is 7.20. The number of hydrogen-bond donors (Lipinski definition) is 0. The minimum absolute atomic E-state index is 0.769. The molecule has 0 radical (unpaired) electrons. The van der Waals surface area contributed by atoms with E-state index >= 15 is 0 Å². The summed E-state index contributed by atoms with van der Waals surface area (Å²) >= 11 is 6.83. The third-order valence-corrected chi connectivity index (χ3v) is 0. The van der Waals surface area contributed by atoms with Crippen LogP contribution in [-0.2, 0) is 0 Å². The molecule has 0 aromatic rings. The fraction of sp³-hybridized carbons (Fsp3) is 0. The molecule has 0 atom stereocenters. The second-order valence-corrected chi connectivity index (χ2v) is 80.4. The number of hydrogen-bond acceptors (Lipinski definition) is 0. The van der Waals surface area contributed by atoms with Crippen molar-refractivity contribution in [3.63, 3.8) is 0 Å². The molecule has 0 heterocycles. The van der Waals surface area contributed by atoms with Crippen LogP contribution in [0.4, 0.5) is 0 Å². The summed E-state index contributed by atoms with van der Waals surface area (Å²) in [5, 5.41) is 0. The van der Waals surface area contributed by atoms with Gasteiger partial charge in [-0.05, 0) is 0 Å². The van der Waals surface area contributed by atoms with E-state index in [1.807, 2.05) is 0 Å². The third kappa shape index (κ3) is 8.96. The van der Waals surface area contributed by atoms with Gasteiger partial charge in [-0.2, -0.15) is 0 Å². The number of halogens is 3. The molecule has 0 aliphatic heterocycles. The second-order valence-electron chi connectivity index (χ2n) is 0.192. The molecule has 0 N–H and O–H groups in total. The van der Waals surface area contributed by atoms with Crippen molar-refractivity contribution in [2.75, 3.05) is 0 Å². The first-order chi connectivity index (χ1) is 1.73. The molecular weight excluding hydrogens is 618 g/mol. The molecule has 0 spiro atoms. The summed E-state index contributed by atoms with van der Waals surface area (Å²) in [6.07, 6.45) is 0. The van der Waals surface area contributed by atoms with Gasteiger partial charge in [0, 0.05) is 0 Å². The van der Waals surface area contributed by atoms with E-state index in [4.69, 9.17) is 0 Å². The van der Waals surface area contributed by atoms with Crippen molar-refractivity contribution in [3.05, 3.63) is 0 Å². The predicted octanol–water partition coefficient (Wildman–Crippen LogP) is 2.66. The Balaban J connectivity index is 2.32. The van der Waals surface area contributed by atoms with E-state index in [2.05, 4.69) is 51.2 Å². The molecule has 4 heteroatoms. The fourth-order valence-electron chi connectivity index (χ4n) is 0. The summed E-state index contributed by atoms with van der Waals surface area (Å²) in [7, 11) is 0. The second kappa shape index (κ2) is 4.36. The van der Waals surface area contributed by atoms with Gasteiger partial charge >= 0.3 is 62.6 Å². The van der Waals surface area contributed by atoms with E-state index < -0.39 is 11.4 Å². The zero-order valence-corrected chi connectivity index (χ0v) is 11.8. The van der Waals surface area contributed by atoms with Crippen LogP contribution in [0.25, 0.3) is 0 Å². The predicted molar refractivity (Wildman–Crippen MR) is 42.1 cm³/mol. The molecule has 26 valence electrons. The van der Waals surface area contributed by atoms with Crippen molar-refractivity contribution in [3.8, 4) is 0 Å². The van der Waals surface area contributed by atoms with Crippen molar-refractivity contribution < 1.29 is 11.4 Å². The molecule has 0 nitrogen and oxygen atoms in total. The van der Waals surface area contributed by atoms with Crippen LogP contribution in [0.3, 0.4) is 0 Å². The Labute approximate surface area is 60.3 Å². The summed E-state index contributed by atoms with van der Waals surface area (Å²) in [5.74, 6) is 0. The van der Waals surface area contributed by atoms with Crippen LogP contribution >= 0.6 is 51.2 Å². The van der Waals surface area contributed by atoms with Crippen molar-refractivity contribution in [1.29, 1.82) is 0 Å². The van der Waals surface area contributed by atoms with Gasteiger partial charge in [0.1, 0.15) is 0 Å². The Morgan fingerprint density at radius 2 is 1.00 bits per heavy atom. The van der Waals surface area contributed by atoms with Crippen LogP contribution < -0.4 is 0 Å². The van der Waals surface area contributed by atoms with Crippen LogP contribution in [0.15, 0.2) is 0 Å². The quantitative estimate of drug-likeness (QED) is 0.367. The zero-order valence-electron chi connectivity index (χ0n) is 1.58. The topological polar surface area (TPSA) is 0 Å². The van der Waals surface area contributed by atoms with Crippen molar-refractivity contribution in [2.24, 2.45) is 0 Å². The van der Waals surface area contributed by atoms with E-state index in [0.717, 1.165) is 0 Å². The molecule has 0 unspecified atom stereocenters. The molecule has 0 amide bonds. The normalized spacial score (nSPS) is 6.75. The van der Waals surface area contributed by atoms with Crippen LogP contribution in [0.1, 0.15) is 0 Å². The maximum atomic E-state index is 2.53. The maximum absolute atomic E-state index is 2.53. The van der Waals surface area contributed by atoms with E-state index in [9.17, 15) is 0 Å². The minimum atomic E-state index is -0.769. The van der Waals surface area contributed by atoms with E-state index in [-0.39, 0.29) is 0 Å². The molecule has 4 heavy (non-hydrogen) atoms. The average molecular weight is 618 g/mol. The van der Waals surface area contributed by atoms with Gasteiger partial charge in [-0.1, -0.05) is 0 Å². The Kier molecular flexibility index (Phi) is 7.86. The van der Waals surface area contributed by atoms with Gasteiger partial charge < -0.3 is 0 Å². The summed E-state index contributed by atoms with van der Waals surface area (Å²) in [4.78, 5) is 0. The SMILES string of the molecule is [I][Np]([I])[I]. The van der Waals surface area contributed by atoms with Gasteiger partial charge in [0.2, 0.25) is 0 Å². The monoisotopic (exact) mass is 617 g/mol. The van der Waals surface area contributed by atoms with Gasteiger partial charge in [0.25, 0.3) is 0 Å². The third-order valence-electron chi connectivity index (χ3n) is 0. The summed E-state index contributed by atoms with van der Waals surface area (Å²) in [6, 6.07) is 0. The van der Waals surface area contributed by atoms with Crippen molar-refractivity contribution in [1.82, 2.24) is 0 Å². The summed E-state index contributed by atoms with van der Waals surface area (Å²) < 4.78 is 0. The fourth-order valence-corrected chi connectivity index (χ4v) is 0. The molecule has 0 aliphatic carbocycles. The van der Waals surface area contributed by atoms with Crippen LogP contribution in [0, 0.1) is 11.4 Å². The van der Waals surface area contributed by atoms with Gasteiger partial charge in [0.05, 0.1) is 0 Å². The molecule has 0 saturated heterocycles. The number of rotatable bonds is 0. The molecule has 0 rings (SSSR count). The molecule has 0 aromatic heterocycles. The Morgan fingerprint density at radius 1 is 1.00 bits per heavy atom. The van der Waals surface area contributed by atoms with E-state index in [1.54, 1.807) is 0 Å².